The molecule has 1 amide bonds. The second-order valence-electron chi connectivity index (χ2n) is 8.41. The van der Waals surface area contributed by atoms with Gasteiger partial charge in [0.05, 0.1) is 6.61 Å². The summed E-state index contributed by atoms with van der Waals surface area (Å²) in [5, 5.41) is 0. The van der Waals surface area contributed by atoms with Crippen LogP contribution >= 0.6 is 0 Å². The van der Waals surface area contributed by atoms with Crippen molar-refractivity contribution in [3.05, 3.63) is 34.9 Å². The summed E-state index contributed by atoms with van der Waals surface area (Å²) >= 11 is 0. The maximum atomic E-state index is 12.5. The summed E-state index contributed by atoms with van der Waals surface area (Å²) in [5.74, 6) is 0.281. The summed E-state index contributed by atoms with van der Waals surface area (Å²) in [6.45, 7) is 10.7. The summed E-state index contributed by atoms with van der Waals surface area (Å²) in [6, 6.07) is 6.74. The monoisotopic (exact) mass is 373 g/mol. The highest BCUT2D eigenvalue weighted by Gasteiger charge is 2.42. The van der Waals surface area contributed by atoms with Gasteiger partial charge in [0.2, 0.25) is 5.91 Å². The van der Waals surface area contributed by atoms with Gasteiger partial charge in [-0.2, -0.15) is 0 Å². The number of likely N-dealkylation sites (tertiary alicyclic amines) is 1. The number of likely N-dealkylation sites (N-methyl/N-ethyl adjacent to an activating group) is 1. The van der Waals surface area contributed by atoms with Crippen molar-refractivity contribution in [2.75, 3.05) is 53.5 Å². The Hall–Kier alpha value is -1.43. The standard InChI is InChI=1S/C22H35N3O2/c1-18-5-6-19(2)20(15-18)16-24-12-11-23(3)22(17-24)8-7-21(26)25(10-9-22)13-14-27-4/h5-6,15H,7-14,16-17H2,1-4H3/t22-/m0/s1. The third-order valence-electron chi connectivity index (χ3n) is 6.55. The number of carbonyl (C=O) groups excluding carboxylic acids is 1. The smallest absolute Gasteiger partial charge is 0.222 e. The van der Waals surface area contributed by atoms with Crippen molar-refractivity contribution >= 4 is 5.91 Å². The van der Waals surface area contributed by atoms with Gasteiger partial charge in [0, 0.05) is 58.3 Å². The number of rotatable bonds is 5. The number of methoxy groups -OCH3 is 1. The average molecular weight is 374 g/mol. The predicted octanol–water partition coefficient (Wildman–Crippen LogP) is 2.45. The quantitative estimate of drug-likeness (QED) is 0.794. The largest absolute Gasteiger partial charge is 0.383 e. The average Bonchev–Trinajstić information content (AvgIpc) is 2.80. The van der Waals surface area contributed by atoms with E-state index in [1.807, 2.05) is 4.90 Å². The van der Waals surface area contributed by atoms with E-state index in [0.29, 0.717) is 19.6 Å². The molecule has 2 heterocycles. The maximum Gasteiger partial charge on any atom is 0.222 e. The van der Waals surface area contributed by atoms with Crippen LogP contribution in [0.25, 0.3) is 0 Å². The highest BCUT2D eigenvalue weighted by molar-refractivity contribution is 5.76. The molecule has 0 aromatic heterocycles. The number of carbonyl (C=O) groups is 1. The summed E-state index contributed by atoms with van der Waals surface area (Å²) < 4.78 is 5.18. The van der Waals surface area contributed by atoms with Crippen LogP contribution in [0.4, 0.5) is 0 Å². The van der Waals surface area contributed by atoms with Crippen molar-refractivity contribution in [2.45, 2.75) is 45.2 Å². The molecule has 1 atom stereocenters. The van der Waals surface area contributed by atoms with E-state index in [1.54, 1.807) is 7.11 Å². The van der Waals surface area contributed by atoms with E-state index < -0.39 is 0 Å². The molecule has 0 bridgehead atoms. The molecule has 0 saturated carbocycles. The molecule has 0 radical (unpaired) electrons. The Morgan fingerprint density at radius 2 is 1.96 bits per heavy atom. The van der Waals surface area contributed by atoms with Gasteiger partial charge in [0.1, 0.15) is 0 Å². The molecule has 2 aliphatic rings. The maximum absolute atomic E-state index is 12.5. The highest BCUT2D eigenvalue weighted by Crippen LogP contribution is 2.33. The fourth-order valence-electron chi connectivity index (χ4n) is 4.56. The van der Waals surface area contributed by atoms with Gasteiger partial charge in [0.15, 0.2) is 0 Å². The number of piperazine rings is 1. The molecule has 2 fully saturated rings. The number of amides is 1. The minimum absolute atomic E-state index is 0.105. The van der Waals surface area contributed by atoms with Gasteiger partial charge in [-0.15, -0.1) is 0 Å². The third-order valence-corrected chi connectivity index (χ3v) is 6.55. The number of aryl methyl sites for hydroxylation is 2. The second kappa shape index (κ2) is 8.72. The summed E-state index contributed by atoms with van der Waals surface area (Å²) in [4.78, 5) is 19.6. The fourth-order valence-corrected chi connectivity index (χ4v) is 4.56. The van der Waals surface area contributed by atoms with Crippen LogP contribution in [0.15, 0.2) is 18.2 Å². The van der Waals surface area contributed by atoms with E-state index in [1.165, 1.54) is 16.7 Å². The van der Waals surface area contributed by atoms with Gasteiger partial charge >= 0.3 is 0 Å². The van der Waals surface area contributed by atoms with E-state index in [4.69, 9.17) is 4.74 Å². The number of nitrogens with zero attached hydrogens (tertiary/aromatic N) is 3. The molecule has 150 valence electrons. The lowest BCUT2D eigenvalue weighted by molar-refractivity contribution is -0.131. The zero-order valence-corrected chi connectivity index (χ0v) is 17.5. The first kappa shape index (κ1) is 20.3. The SMILES string of the molecule is COCCN1CC[C@@]2(CCC1=O)CN(Cc1cc(C)ccc1C)CCN2C. The molecule has 3 rings (SSSR count). The van der Waals surface area contributed by atoms with Crippen LogP contribution in [0.2, 0.25) is 0 Å². The summed E-state index contributed by atoms with van der Waals surface area (Å²) in [6.07, 6.45) is 2.64. The zero-order chi connectivity index (χ0) is 19.4. The molecule has 0 aliphatic carbocycles. The zero-order valence-electron chi connectivity index (χ0n) is 17.5. The van der Waals surface area contributed by atoms with Crippen LogP contribution in [0.3, 0.4) is 0 Å². The minimum atomic E-state index is 0.105. The Morgan fingerprint density at radius 3 is 2.74 bits per heavy atom. The first-order valence-electron chi connectivity index (χ1n) is 10.2. The molecule has 1 spiro atoms. The normalized spacial score (nSPS) is 25.2. The first-order chi connectivity index (χ1) is 12.9. The molecule has 27 heavy (non-hydrogen) atoms. The van der Waals surface area contributed by atoms with E-state index in [2.05, 4.69) is 48.9 Å². The highest BCUT2D eigenvalue weighted by atomic mass is 16.5. The van der Waals surface area contributed by atoms with Gasteiger partial charge in [0.25, 0.3) is 0 Å². The minimum Gasteiger partial charge on any atom is -0.383 e. The van der Waals surface area contributed by atoms with Crippen molar-refractivity contribution in [1.82, 2.24) is 14.7 Å². The Morgan fingerprint density at radius 1 is 1.15 bits per heavy atom. The predicted molar refractivity (Wildman–Crippen MR) is 109 cm³/mol. The molecule has 0 N–H and O–H groups in total. The molecule has 5 heteroatoms. The molecule has 0 unspecified atom stereocenters. The fraction of sp³-hybridized carbons (Fsp3) is 0.682. The van der Waals surface area contributed by atoms with Crippen molar-refractivity contribution in [3.63, 3.8) is 0 Å². The Bertz CT molecular complexity index is 663. The van der Waals surface area contributed by atoms with E-state index in [9.17, 15) is 4.79 Å². The van der Waals surface area contributed by atoms with Gasteiger partial charge < -0.3 is 9.64 Å². The molecular formula is C22H35N3O2. The van der Waals surface area contributed by atoms with Crippen LogP contribution in [0, 0.1) is 13.8 Å². The van der Waals surface area contributed by atoms with Gasteiger partial charge in [-0.05, 0) is 44.9 Å². The number of ether oxygens (including phenoxy) is 1. The van der Waals surface area contributed by atoms with E-state index in [-0.39, 0.29) is 11.4 Å². The summed E-state index contributed by atoms with van der Waals surface area (Å²) in [7, 11) is 3.94. The lowest BCUT2D eigenvalue weighted by Gasteiger charge is -2.49. The van der Waals surface area contributed by atoms with Crippen LogP contribution in [-0.4, -0.2) is 79.6 Å². The molecule has 2 aliphatic heterocycles. The van der Waals surface area contributed by atoms with Crippen LogP contribution in [0.1, 0.15) is 36.0 Å². The molecule has 1 aromatic carbocycles. The molecular weight excluding hydrogens is 338 g/mol. The Labute approximate surface area is 164 Å². The van der Waals surface area contributed by atoms with Gasteiger partial charge in [-0.25, -0.2) is 0 Å². The van der Waals surface area contributed by atoms with Crippen molar-refractivity contribution < 1.29 is 9.53 Å². The topological polar surface area (TPSA) is 36.0 Å². The van der Waals surface area contributed by atoms with Crippen molar-refractivity contribution in [1.29, 1.82) is 0 Å². The number of hydrogen-bond donors (Lipinski definition) is 0. The third kappa shape index (κ3) is 4.71. The number of benzene rings is 1. The molecule has 1 aromatic rings. The van der Waals surface area contributed by atoms with Crippen LogP contribution in [0.5, 0.6) is 0 Å². The van der Waals surface area contributed by atoms with Crippen LogP contribution < -0.4 is 0 Å². The van der Waals surface area contributed by atoms with Crippen LogP contribution in [-0.2, 0) is 16.1 Å². The van der Waals surface area contributed by atoms with Crippen molar-refractivity contribution in [2.24, 2.45) is 0 Å². The van der Waals surface area contributed by atoms with Gasteiger partial charge in [-0.1, -0.05) is 23.8 Å². The second-order valence-corrected chi connectivity index (χ2v) is 8.41. The van der Waals surface area contributed by atoms with Crippen molar-refractivity contribution in [3.8, 4) is 0 Å². The first-order valence-corrected chi connectivity index (χ1v) is 10.2. The lowest BCUT2D eigenvalue weighted by Crippen LogP contribution is -2.60. The lowest BCUT2D eigenvalue weighted by atomic mass is 9.86. The van der Waals surface area contributed by atoms with E-state index in [0.717, 1.165) is 45.6 Å². The number of hydrogen-bond acceptors (Lipinski definition) is 4. The Balaban J connectivity index is 1.71. The Kier molecular flexibility index (Phi) is 6.56. The molecule has 5 nitrogen and oxygen atoms in total. The van der Waals surface area contributed by atoms with Gasteiger partial charge in [-0.3, -0.25) is 14.6 Å². The van der Waals surface area contributed by atoms with E-state index >= 15 is 0 Å². The summed E-state index contributed by atoms with van der Waals surface area (Å²) in [5.41, 5.74) is 4.23. The molecule has 2 saturated heterocycles.